The Hall–Kier alpha value is -0.170. The molecule has 108 valence electrons. The fraction of sp³-hybridized carbons (Fsp3) is 0.600. The number of ether oxygens (including phenoxy) is 2. The maximum Gasteiger partial charge on any atom is 0.0718 e. The molecule has 0 spiro atoms. The van der Waals surface area contributed by atoms with Gasteiger partial charge in [-0.3, -0.25) is 0 Å². The number of hydrogen-bond acceptors (Lipinski definition) is 3. The highest BCUT2D eigenvalue weighted by Crippen LogP contribution is 2.07. The van der Waals surface area contributed by atoms with E-state index in [-0.39, 0.29) is 0 Å². The minimum absolute atomic E-state index is 0.661. The molecule has 0 fully saturated rings. The Labute approximate surface area is 130 Å². The highest BCUT2D eigenvalue weighted by atomic mass is 127. The average Bonchev–Trinajstić information content (AvgIpc) is 2.43. The first-order valence-electron chi connectivity index (χ1n) is 6.93. The van der Waals surface area contributed by atoms with Crippen molar-refractivity contribution in [3.05, 3.63) is 33.4 Å². The molecule has 19 heavy (non-hydrogen) atoms. The number of hydrogen-bond donors (Lipinski definition) is 1. The van der Waals surface area contributed by atoms with Crippen molar-refractivity contribution in [2.24, 2.45) is 5.73 Å². The maximum atomic E-state index is 5.56. The van der Waals surface area contributed by atoms with E-state index in [0.29, 0.717) is 19.8 Å². The average molecular weight is 377 g/mol. The molecule has 4 heteroatoms. The largest absolute Gasteiger partial charge is 0.379 e. The van der Waals surface area contributed by atoms with Crippen molar-refractivity contribution in [2.75, 3.05) is 26.4 Å². The fourth-order valence-corrected chi connectivity index (χ4v) is 2.05. The van der Waals surface area contributed by atoms with Crippen molar-refractivity contribution in [3.8, 4) is 0 Å². The summed E-state index contributed by atoms with van der Waals surface area (Å²) in [5.41, 5.74) is 6.64. The van der Waals surface area contributed by atoms with Crippen molar-refractivity contribution < 1.29 is 9.47 Å². The molecule has 2 N–H and O–H groups in total. The van der Waals surface area contributed by atoms with Crippen LogP contribution in [0.4, 0.5) is 0 Å². The van der Waals surface area contributed by atoms with Crippen molar-refractivity contribution >= 4 is 22.6 Å². The molecule has 0 amide bonds. The topological polar surface area (TPSA) is 44.5 Å². The predicted molar refractivity (Wildman–Crippen MR) is 87.2 cm³/mol. The minimum Gasteiger partial charge on any atom is -0.379 e. The smallest absolute Gasteiger partial charge is 0.0718 e. The summed E-state index contributed by atoms with van der Waals surface area (Å²) in [5, 5.41) is 0. The van der Waals surface area contributed by atoms with E-state index >= 15 is 0 Å². The first kappa shape index (κ1) is 16.9. The normalized spacial score (nSPS) is 10.8. The highest BCUT2D eigenvalue weighted by Gasteiger charge is 1.94. The zero-order chi connectivity index (χ0) is 13.8. The van der Waals surface area contributed by atoms with Gasteiger partial charge in [0.15, 0.2) is 0 Å². The molecule has 0 aliphatic heterocycles. The molecule has 1 aromatic carbocycles. The molecule has 0 saturated heterocycles. The van der Waals surface area contributed by atoms with Gasteiger partial charge in [0.1, 0.15) is 0 Å². The zero-order valence-electron chi connectivity index (χ0n) is 11.4. The summed E-state index contributed by atoms with van der Waals surface area (Å²) in [6.07, 6.45) is 4.67. The third kappa shape index (κ3) is 9.38. The molecule has 0 aliphatic carbocycles. The molecule has 0 aromatic heterocycles. The Morgan fingerprint density at radius 3 is 2.26 bits per heavy atom. The summed E-state index contributed by atoms with van der Waals surface area (Å²) < 4.78 is 12.3. The molecule has 1 aromatic rings. The van der Waals surface area contributed by atoms with Gasteiger partial charge >= 0.3 is 0 Å². The lowest BCUT2D eigenvalue weighted by atomic mass is 10.2. The Morgan fingerprint density at radius 1 is 0.842 bits per heavy atom. The fourth-order valence-electron chi connectivity index (χ4n) is 1.69. The third-order valence-electron chi connectivity index (χ3n) is 2.80. The summed E-state index contributed by atoms with van der Waals surface area (Å²) in [6, 6.07) is 8.38. The van der Waals surface area contributed by atoms with Gasteiger partial charge < -0.3 is 15.2 Å². The number of benzene rings is 1. The van der Waals surface area contributed by atoms with Crippen LogP contribution < -0.4 is 5.73 Å². The monoisotopic (exact) mass is 377 g/mol. The minimum atomic E-state index is 0.661. The molecule has 1 rings (SSSR count). The Kier molecular flexibility index (Phi) is 10.3. The van der Waals surface area contributed by atoms with Gasteiger partial charge in [-0.15, -0.1) is 0 Å². The third-order valence-corrected chi connectivity index (χ3v) is 3.52. The van der Waals surface area contributed by atoms with E-state index in [1.807, 2.05) is 0 Å². The number of unbranched alkanes of at least 4 members (excludes halogenated alkanes) is 3. The van der Waals surface area contributed by atoms with Crippen molar-refractivity contribution in [3.63, 3.8) is 0 Å². The molecule has 0 heterocycles. The lowest BCUT2D eigenvalue weighted by molar-refractivity contribution is 0.0393. The Morgan fingerprint density at radius 2 is 1.53 bits per heavy atom. The van der Waals surface area contributed by atoms with Gasteiger partial charge in [0, 0.05) is 10.2 Å². The molecule has 0 saturated carbocycles. The van der Waals surface area contributed by atoms with Crippen molar-refractivity contribution in [2.45, 2.75) is 32.3 Å². The van der Waals surface area contributed by atoms with Crippen LogP contribution >= 0.6 is 22.6 Å². The molecule has 0 unspecified atom stereocenters. The van der Waals surface area contributed by atoms with Crippen LogP contribution in [0.25, 0.3) is 0 Å². The summed E-state index contributed by atoms with van der Waals surface area (Å²) >= 11 is 2.30. The molecular weight excluding hydrogens is 353 g/mol. The standard InChI is InChI=1S/C15H24INO2/c16-15-7-5-14(6-8-15)13-19-12-11-18-10-4-2-1-3-9-17/h5-8H,1-4,9-13,17H2. The second kappa shape index (κ2) is 11.6. The van der Waals surface area contributed by atoms with Crippen LogP contribution in [0.2, 0.25) is 0 Å². The van der Waals surface area contributed by atoms with Gasteiger partial charge in [0.05, 0.1) is 19.8 Å². The van der Waals surface area contributed by atoms with E-state index in [9.17, 15) is 0 Å². The van der Waals surface area contributed by atoms with Crippen LogP contribution in [0.1, 0.15) is 31.2 Å². The van der Waals surface area contributed by atoms with Gasteiger partial charge in [-0.2, -0.15) is 0 Å². The zero-order valence-corrected chi connectivity index (χ0v) is 13.6. The number of halogens is 1. The lowest BCUT2D eigenvalue weighted by Gasteiger charge is -2.06. The predicted octanol–water partition coefficient (Wildman–Crippen LogP) is 3.34. The van der Waals surface area contributed by atoms with Crippen LogP contribution in [0.5, 0.6) is 0 Å². The molecule has 0 aliphatic rings. The summed E-state index contributed by atoms with van der Waals surface area (Å²) in [7, 11) is 0. The molecule has 3 nitrogen and oxygen atoms in total. The van der Waals surface area contributed by atoms with Crippen molar-refractivity contribution in [1.29, 1.82) is 0 Å². The Balaban J connectivity index is 1.87. The van der Waals surface area contributed by atoms with Gasteiger partial charge in [0.2, 0.25) is 0 Å². The van der Waals surface area contributed by atoms with Crippen LogP contribution in [0.15, 0.2) is 24.3 Å². The molecule has 0 radical (unpaired) electrons. The maximum absolute atomic E-state index is 5.56. The van der Waals surface area contributed by atoms with E-state index in [4.69, 9.17) is 15.2 Å². The van der Waals surface area contributed by atoms with Gasteiger partial charge in [0.25, 0.3) is 0 Å². The van der Waals surface area contributed by atoms with Crippen LogP contribution in [0.3, 0.4) is 0 Å². The van der Waals surface area contributed by atoms with Gasteiger partial charge in [-0.25, -0.2) is 0 Å². The van der Waals surface area contributed by atoms with Crippen LogP contribution in [-0.2, 0) is 16.1 Å². The van der Waals surface area contributed by atoms with Crippen LogP contribution in [0, 0.1) is 3.57 Å². The summed E-state index contributed by atoms with van der Waals surface area (Å²) in [6.45, 7) is 3.64. The summed E-state index contributed by atoms with van der Waals surface area (Å²) in [4.78, 5) is 0. The molecule has 0 bridgehead atoms. The quantitative estimate of drug-likeness (QED) is 0.475. The molecular formula is C15H24INO2. The van der Waals surface area contributed by atoms with E-state index < -0.39 is 0 Å². The first-order valence-corrected chi connectivity index (χ1v) is 8.01. The van der Waals surface area contributed by atoms with E-state index in [1.54, 1.807) is 0 Å². The molecule has 0 atom stereocenters. The van der Waals surface area contributed by atoms with Crippen LogP contribution in [-0.4, -0.2) is 26.4 Å². The number of rotatable bonds is 11. The second-order valence-corrected chi connectivity index (χ2v) is 5.74. The van der Waals surface area contributed by atoms with Gasteiger partial charge in [-0.05, 0) is 59.7 Å². The highest BCUT2D eigenvalue weighted by molar-refractivity contribution is 14.1. The van der Waals surface area contributed by atoms with E-state index in [1.165, 1.54) is 22.0 Å². The van der Waals surface area contributed by atoms with Gasteiger partial charge in [-0.1, -0.05) is 25.0 Å². The Bertz CT molecular complexity index is 316. The second-order valence-electron chi connectivity index (χ2n) is 4.49. The van der Waals surface area contributed by atoms with E-state index in [2.05, 4.69) is 46.9 Å². The first-order chi connectivity index (χ1) is 9.33. The summed E-state index contributed by atoms with van der Waals surface area (Å²) in [5.74, 6) is 0. The number of nitrogens with two attached hydrogens (primary N) is 1. The van der Waals surface area contributed by atoms with Crippen molar-refractivity contribution in [1.82, 2.24) is 0 Å². The van der Waals surface area contributed by atoms with E-state index in [0.717, 1.165) is 26.0 Å². The SMILES string of the molecule is NCCCCCCOCCOCc1ccc(I)cc1. The lowest BCUT2D eigenvalue weighted by Crippen LogP contribution is -2.05.